The van der Waals surface area contributed by atoms with Crippen LogP contribution in [0.4, 0.5) is 0 Å². The number of aliphatic hydroxyl groups is 7. The molecule has 8 heteroatoms. The molecule has 0 aliphatic rings. The molecule has 0 saturated heterocycles. The van der Waals surface area contributed by atoms with Crippen molar-refractivity contribution in [2.75, 3.05) is 6.61 Å². The molecule has 0 radical (unpaired) electrons. The van der Waals surface area contributed by atoms with Crippen molar-refractivity contribution in [3.8, 4) is 0 Å². The molecule has 0 spiro atoms. The van der Waals surface area contributed by atoms with Gasteiger partial charge < -0.3 is 40.2 Å². The molecule has 0 aromatic carbocycles. The van der Waals surface area contributed by atoms with E-state index in [1.54, 1.807) is 0 Å². The Morgan fingerprint density at radius 1 is 0.895 bits per heavy atom. The zero-order valence-corrected chi connectivity index (χ0v) is 9.94. The van der Waals surface area contributed by atoms with Gasteiger partial charge in [-0.05, 0) is 12.1 Å². The van der Waals surface area contributed by atoms with Crippen molar-refractivity contribution >= 4 is 0 Å². The van der Waals surface area contributed by atoms with E-state index in [-0.39, 0.29) is 5.76 Å². The Labute approximate surface area is 108 Å². The summed E-state index contributed by atoms with van der Waals surface area (Å²) in [4.78, 5) is 0. The molecular formula is C11H18O8. The topological polar surface area (TPSA) is 155 Å². The average Bonchev–Trinajstić information content (AvgIpc) is 2.96. The van der Waals surface area contributed by atoms with E-state index >= 15 is 0 Å². The van der Waals surface area contributed by atoms with Crippen molar-refractivity contribution in [1.29, 1.82) is 0 Å². The molecule has 0 fully saturated rings. The summed E-state index contributed by atoms with van der Waals surface area (Å²) >= 11 is 0. The molecule has 110 valence electrons. The molecule has 1 rings (SSSR count). The summed E-state index contributed by atoms with van der Waals surface area (Å²) in [7, 11) is 0. The van der Waals surface area contributed by atoms with Gasteiger partial charge in [0.2, 0.25) is 0 Å². The molecule has 0 aliphatic heterocycles. The summed E-state index contributed by atoms with van der Waals surface area (Å²) in [6.45, 7) is -0.832. The third-order valence-electron chi connectivity index (χ3n) is 2.79. The third kappa shape index (κ3) is 3.74. The summed E-state index contributed by atoms with van der Waals surface area (Å²) in [5.74, 6) is -0.0315. The van der Waals surface area contributed by atoms with E-state index in [9.17, 15) is 25.5 Å². The molecule has 6 atom stereocenters. The van der Waals surface area contributed by atoms with Gasteiger partial charge in [0.05, 0.1) is 12.9 Å². The van der Waals surface area contributed by atoms with E-state index in [2.05, 4.69) is 0 Å². The van der Waals surface area contributed by atoms with Crippen LogP contribution in [0.2, 0.25) is 0 Å². The Kier molecular flexibility index (Phi) is 5.88. The molecule has 1 aromatic heterocycles. The van der Waals surface area contributed by atoms with Gasteiger partial charge in [-0.2, -0.15) is 0 Å². The van der Waals surface area contributed by atoms with Crippen molar-refractivity contribution in [1.82, 2.24) is 0 Å². The van der Waals surface area contributed by atoms with Crippen LogP contribution in [0.1, 0.15) is 11.9 Å². The van der Waals surface area contributed by atoms with Crippen LogP contribution in [-0.2, 0) is 0 Å². The zero-order valence-electron chi connectivity index (χ0n) is 9.94. The van der Waals surface area contributed by atoms with Crippen LogP contribution < -0.4 is 0 Å². The second kappa shape index (κ2) is 6.96. The average molecular weight is 278 g/mol. The van der Waals surface area contributed by atoms with Gasteiger partial charge in [0.15, 0.2) is 0 Å². The normalized spacial score (nSPS) is 21.4. The highest BCUT2D eigenvalue weighted by atomic mass is 16.4. The highest BCUT2D eigenvalue weighted by Gasteiger charge is 2.38. The largest absolute Gasteiger partial charge is 0.466 e. The summed E-state index contributed by atoms with van der Waals surface area (Å²) in [5.41, 5.74) is 0. The Morgan fingerprint density at radius 2 is 1.47 bits per heavy atom. The number of furan rings is 1. The lowest BCUT2D eigenvalue weighted by atomic mass is 9.96. The minimum absolute atomic E-state index is 0.0315. The number of hydrogen-bond acceptors (Lipinski definition) is 8. The van der Waals surface area contributed by atoms with Gasteiger partial charge in [0.25, 0.3) is 0 Å². The predicted molar refractivity (Wildman–Crippen MR) is 60.8 cm³/mol. The van der Waals surface area contributed by atoms with Gasteiger partial charge in [-0.1, -0.05) is 0 Å². The monoisotopic (exact) mass is 278 g/mol. The van der Waals surface area contributed by atoms with Gasteiger partial charge in [-0.3, -0.25) is 0 Å². The highest BCUT2D eigenvalue weighted by molar-refractivity contribution is 5.05. The number of aliphatic hydroxyl groups excluding tert-OH is 7. The quantitative estimate of drug-likeness (QED) is 0.280. The van der Waals surface area contributed by atoms with E-state index in [4.69, 9.17) is 14.6 Å². The molecule has 0 aliphatic carbocycles. The first-order chi connectivity index (χ1) is 8.90. The summed E-state index contributed by atoms with van der Waals surface area (Å²) in [5, 5.41) is 65.6. The Balaban J connectivity index is 2.68. The molecule has 0 bridgehead atoms. The SMILES string of the molecule is OC[C@@H](O)[C@@H](O)[C@H](O)[C@@H](O)C(O)C(O)c1ccco1. The lowest BCUT2D eigenvalue weighted by molar-refractivity contribution is -0.160. The minimum Gasteiger partial charge on any atom is -0.466 e. The Hall–Kier alpha value is -1.00. The Morgan fingerprint density at radius 3 is 1.95 bits per heavy atom. The van der Waals surface area contributed by atoms with Crippen LogP contribution >= 0.6 is 0 Å². The second-order valence-electron chi connectivity index (χ2n) is 4.17. The highest BCUT2D eigenvalue weighted by Crippen LogP contribution is 2.22. The van der Waals surface area contributed by atoms with Crippen LogP contribution in [0.5, 0.6) is 0 Å². The van der Waals surface area contributed by atoms with Gasteiger partial charge in [-0.15, -0.1) is 0 Å². The summed E-state index contributed by atoms with van der Waals surface area (Å²) in [6, 6.07) is 2.81. The van der Waals surface area contributed by atoms with Crippen molar-refractivity contribution in [2.45, 2.75) is 36.6 Å². The number of hydrogen-bond donors (Lipinski definition) is 7. The summed E-state index contributed by atoms with van der Waals surface area (Å²) in [6.07, 6.45) is -9.67. The molecule has 0 saturated carbocycles. The van der Waals surface area contributed by atoms with Gasteiger partial charge in [0.1, 0.15) is 42.4 Å². The van der Waals surface area contributed by atoms with Crippen molar-refractivity contribution in [3.63, 3.8) is 0 Å². The van der Waals surface area contributed by atoms with Crippen LogP contribution in [0.3, 0.4) is 0 Å². The third-order valence-corrected chi connectivity index (χ3v) is 2.79. The van der Waals surface area contributed by atoms with E-state index in [0.29, 0.717) is 0 Å². The fourth-order valence-electron chi connectivity index (χ4n) is 1.55. The van der Waals surface area contributed by atoms with Crippen molar-refractivity contribution in [3.05, 3.63) is 24.2 Å². The Bertz CT molecular complexity index is 354. The maximum Gasteiger partial charge on any atom is 0.140 e. The first-order valence-corrected chi connectivity index (χ1v) is 5.62. The second-order valence-corrected chi connectivity index (χ2v) is 4.17. The smallest absolute Gasteiger partial charge is 0.140 e. The van der Waals surface area contributed by atoms with Crippen LogP contribution in [0, 0.1) is 0 Å². The van der Waals surface area contributed by atoms with Gasteiger partial charge >= 0.3 is 0 Å². The first kappa shape index (κ1) is 16.1. The molecule has 8 nitrogen and oxygen atoms in total. The molecule has 1 aromatic rings. The standard InChI is InChI=1S/C11H18O8/c12-4-5(13)7(14)9(16)11(18)10(17)8(15)6-2-1-3-19-6/h1-3,5,7-18H,4H2/t5-,7-,8?,9+,10?,11-/m1/s1. The van der Waals surface area contributed by atoms with Crippen LogP contribution in [0.15, 0.2) is 22.8 Å². The molecule has 0 amide bonds. The minimum atomic E-state index is -1.96. The van der Waals surface area contributed by atoms with E-state index in [0.717, 1.165) is 0 Å². The van der Waals surface area contributed by atoms with E-state index in [1.807, 2.05) is 0 Å². The molecular weight excluding hydrogens is 260 g/mol. The van der Waals surface area contributed by atoms with Gasteiger partial charge in [0, 0.05) is 0 Å². The van der Waals surface area contributed by atoms with Gasteiger partial charge in [-0.25, -0.2) is 0 Å². The maximum atomic E-state index is 9.67. The fourth-order valence-corrected chi connectivity index (χ4v) is 1.55. The lowest BCUT2D eigenvalue weighted by Crippen LogP contribution is -2.51. The molecule has 7 N–H and O–H groups in total. The van der Waals surface area contributed by atoms with Crippen LogP contribution in [-0.4, -0.2) is 72.9 Å². The number of rotatable bonds is 7. The van der Waals surface area contributed by atoms with E-state index in [1.165, 1.54) is 18.4 Å². The zero-order chi connectivity index (χ0) is 14.6. The maximum absolute atomic E-state index is 9.67. The summed E-state index contributed by atoms with van der Waals surface area (Å²) < 4.78 is 4.82. The molecule has 1 heterocycles. The molecule has 2 unspecified atom stereocenters. The van der Waals surface area contributed by atoms with Crippen molar-refractivity contribution < 1.29 is 40.2 Å². The first-order valence-electron chi connectivity index (χ1n) is 5.62. The van der Waals surface area contributed by atoms with Crippen molar-refractivity contribution in [2.24, 2.45) is 0 Å². The predicted octanol–water partition coefficient (Wildman–Crippen LogP) is -2.89. The lowest BCUT2D eigenvalue weighted by Gasteiger charge is -2.29. The van der Waals surface area contributed by atoms with E-state index < -0.39 is 43.2 Å². The fraction of sp³-hybridized carbons (Fsp3) is 0.636. The van der Waals surface area contributed by atoms with Crippen LogP contribution in [0.25, 0.3) is 0 Å². The molecule has 19 heavy (non-hydrogen) atoms.